The number of aromatic nitrogens is 2. The Labute approximate surface area is 152 Å². The number of carbonyl (C=O) groups is 1. The van der Waals surface area contributed by atoms with Crippen LogP contribution >= 0.6 is 11.6 Å². The fourth-order valence-electron chi connectivity index (χ4n) is 3.44. The maximum Gasteiger partial charge on any atom is 0.254 e. The van der Waals surface area contributed by atoms with Crippen LogP contribution in [0.5, 0.6) is 0 Å². The fraction of sp³-hybridized carbons (Fsp3) is 0.474. The summed E-state index contributed by atoms with van der Waals surface area (Å²) in [5.74, 6) is 0.382. The Morgan fingerprint density at radius 1 is 1.40 bits per heavy atom. The van der Waals surface area contributed by atoms with Crippen LogP contribution in [-0.4, -0.2) is 34.8 Å². The number of amides is 1. The van der Waals surface area contributed by atoms with Crippen molar-refractivity contribution in [1.82, 2.24) is 20.4 Å². The Morgan fingerprint density at radius 2 is 2.24 bits per heavy atom. The first-order valence-corrected chi connectivity index (χ1v) is 9.37. The zero-order valence-corrected chi connectivity index (χ0v) is 15.1. The summed E-state index contributed by atoms with van der Waals surface area (Å²) in [6, 6.07) is 6.30. The molecule has 1 aromatic carbocycles. The highest BCUT2D eigenvalue weighted by Crippen LogP contribution is 2.42. The molecular weight excluding hydrogens is 336 g/mol. The molecule has 132 valence electrons. The molecule has 2 heterocycles. The molecule has 1 saturated heterocycles. The lowest BCUT2D eigenvalue weighted by molar-refractivity contribution is 0.0949. The number of rotatable bonds is 5. The second-order valence-electron chi connectivity index (χ2n) is 7.07. The van der Waals surface area contributed by atoms with Gasteiger partial charge in [0.2, 0.25) is 0 Å². The third-order valence-corrected chi connectivity index (χ3v) is 5.49. The van der Waals surface area contributed by atoms with E-state index in [1.807, 2.05) is 29.8 Å². The van der Waals surface area contributed by atoms with Crippen LogP contribution in [0.2, 0.25) is 5.02 Å². The SMILES string of the molecule is Cc1ccc(-n2ncc(C(=O)NCC3CCCN3)c2C2CC2)cc1Cl. The van der Waals surface area contributed by atoms with Crippen molar-refractivity contribution < 1.29 is 4.79 Å². The Balaban J connectivity index is 1.59. The molecule has 2 fully saturated rings. The van der Waals surface area contributed by atoms with Gasteiger partial charge in [-0.25, -0.2) is 4.68 Å². The largest absolute Gasteiger partial charge is 0.350 e. The second kappa shape index (κ2) is 6.81. The van der Waals surface area contributed by atoms with E-state index in [0.717, 1.165) is 42.8 Å². The summed E-state index contributed by atoms with van der Waals surface area (Å²) in [6.45, 7) is 3.69. The molecule has 5 nitrogen and oxygen atoms in total. The van der Waals surface area contributed by atoms with Crippen molar-refractivity contribution in [3.63, 3.8) is 0 Å². The molecule has 6 heteroatoms. The predicted molar refractivity (Wildman–Crippen MR) is 98.6 cm³/mol. The van der Waals surface area contributed by atoms with E-state index in [-0.39, 0.29) is 5.91 Å². The summed E-state index contributed by atoms with van der Waals surface area (Å²) in [5.41, 5.74) is 3.65. The summed E-state index contributed by atoms with van der Waals surface area (Å²) in [6.07, 6.45) is 6.21. The first-order valence-electron chi connectivity index (χ1n) is 8.99. The highest BCUT2D eigenvalue weighted by molar-refractivity contribution is 6.31. The van der Waals surface area contributed by atoms with E-state index in [0.29, 0.717) is 29.1 Å². The molecule has 0 spiro atoms. The molecule has 25 heavy (non-hydrogen) atoms. The van der Waals surface area contributed by atoms with Gasteiger partial charge in [0.05, 0.1) is 23.1 Å². The topological polar surface area (TPSA) is 59.0 Å². The van der Waals surface area contributed by atoms with Gasteiger partial charge in [-0.3, -0.25) is 4.79 Å². The molecule has 1 saturated carbocycles. The Hall–Kier alpha value is -1.85. The number of nitrogens with one attached hydrogen (secondary N) is 2. The van der Waals surface area contributed by atoms with E-state index in [1.54, 1.807) is 6.20 Å². The number of hydrogen-bond acceptors (Lipinski definition) is 3. The van der Waals surface area contributed by atoms with E-state index >= 15 is 0 Å². The van der Waals surface area contributed by atoms with Crippen LogP contribution in [0.4, 0.5) is 0 Å². The smallest absolute Gasteiger partial charge is 0.254 e. The van der Waals surface area contributed by atoms with Gasteiger partial charge in [0.15, 0.2) is 0 Å². The molecule has 0 bridgehead atoms. The summed E-state index contributed by atoms with van der Waals surface area (Å²) in [5, 5.41) is 11.7. The zero-order valence-electron chi connectivity index (χ0n) is 14.4. The van der Waals surface area contributed by atoms with Crippen molar-refractivity contribution >= 4 is 17.5 Å². The molecule has 2 aliphatic rings. The standard InChI is InChI=1S/C19H23ClN4O/c1-12-4-7-15(9-17(12)20)24-18(13-5-6-13)16(11-23-24)19(25)22-10-14-3-2-8-21-14/h4,7,9,11,13-14,21H,2-3,5-6,8,10H2,1H3,(H,22,25). The molecule has 1 aliphatic carbocycles. The molecule has 1 amide bonds. The van der Waals surface area contributed by atoms with Crippen LogP contribution in [0.25, 0.3) is 5.69 Å². The van der Waals surface area contributed by atoms with Crippen molar-refractivity contribution in [3.8, 4) is 5.69 Å². The van der Waals surface area contributed by atoms with Crippen LogP contribution in [0, 0.1) is 6.92 Å². The van der Waals surface area contributed by atoms with E-state index in [2.05, 4.69) is 15.7 Å². The monoisotopic (exact) mass is 358 g/mol. The Bertz CT molecular complexity index is 791. The molecular formula is C19H23ClN4O. The molecule has 2 N–H and O–H groups in total. The highest BCUT2D eigenvalue weighted by Gasteiger charge is 2.33. The van der Waals surface area contributed by atoms with Crippen LogP contribution < -0.4 is 10.6 Å². The number of nitrogens with zero attached hydrogens (tertiary/aromatic N) is 2. The van der Waals surface area contributed by atoms with Gasteiger partial charge >= 0.3 is 0 Å². The van der Waals surface area contributed by atoms with E-state index in [1.165, 1.54) is 6.42 Å². The number of aryl methyl sites for hydroxylation is 1. The third kappa shape index (κ3) is 3.44. The molecule has 1 aromatic heterocycles. The Morgan fingerprint density at radius 3 is 2.92 bits per heavy atom. The van der Waals surface area contributed by atoms with Crippen LogP contribution in [-0.2, 0) is 0 Å². The number of halogens is 1. The summed E-state index contributed by atoms with van der Waals surface area (Å²) in [4.78, 5) is 12.7. The van der Waals surface area contributed by atoms with Gasteiger partial charge in [-0.1, -0.05) is 17.7 Å². The molecule has 1 atom stereocenters. The average Bonchev–Trinajstić information content (AvgIpc) is 3.13. The fourth-order valence-corrected chi connectivity index (χ4v) is 3.62. The van der Waals surface area contributed by atoms with Crippen molar-refractivity contribution in [1.29, 1.82) is 0 Å². The molecule has 1 unspecified atom stereocenters. The number of benzene rings is 1. The third-order valence-electron chi connectivity index (χ3n) is 5.09. The maximum absolute atomic E-state index is 12.7. The van der Waals surface area contributed by atoms with Crippen molar-refractivity contribution in [2.75, 3.05) is 13.1 Å². The number of hydrogen-bond donors (Lipinski definition) is 2. The van der Waals surface area contributed by atoms with Gasteiger partial charge in [0.1, 0.15) is 0 Å². The predicted octanol–water partition coefficient (Wildman–Crippen LogP) is 3.19. The summed E-state index contributed by atoms with van der Waals surface area (Å²) < 4.78 is 1.88. The minimum Gasteiger partial charge on any atom is -0.350 e. The minimum atomic E-state index is -0.0277. The van der Waals surface area contributed by atoms with E-state index in [9.17, 15) is 4.79 Å². The second-order valence-corrected chi connectivity index (χ2v) is 7.47. The zero-order chi connectivity index (χ0) is 17.4. The molecule has 2 aromatic rings. The maximum atomic E-state index is 12.7. The molecule has 4 rings (SSSR count). The van der Waals surface area contributed by atoms with Crippen LogP contribution in [0.3, 0.4) is 0 Å². The average molecular weight is 359 g/mol. The van der Waals surface area contributed by atoms with E-state index < -0.39 is 0 Å². The summed E-state index contributed by atoms with van der Waals surface area (Å²) >= 11 is 6.28. The van der Waals surface area contributed by atoms with E-state index in [4.69, 9.17) is 11.6 Å². The van der Waals surface area contributed by atoms with Gasteiger partial charge in [-0.2, -0.15) is 5.10 Å². The Kier molecular flexibility index (Phi) is 4.52. The minimum absolute atomic E-state index is 0.0277. The van der Waals surface area contributed by atoms with Crippen LogP contribution in [0.1, 0.15) is 53.2 Å². The van der Waals surface area contributed by atoms with Gasteiger partial charge < -0.3 is 10.6 Å². The van der Waals surface area contributed by atoms with Crippen molar-refractivity contribution in [2.24, 2.45) is 0 Å². The lowest BCUT2D eigenvalue weighted by atomic mass is 10.1. The lowest BCUT2D eigenvalue weighted by Crippen LogP contribution is -2.37. The summed E-state index contributed by atoms with van der Waals surface area (Å²) in [7, 11) is 0. The van der Waals surface area contributed by atoms with Crippen LogP contribution in [0.15, 0.2) is 24.4 Å². The first kappa shape index (κ1) is 16.6. The normalized spacial score (nSPS) is 20.0. The van der Waals surface area contributed by atoms with Gasteiger partial charge in [-0.15, -0.1) is 0 Å². The van der Waals surface area contributed by atoms with Gasteiger partial charge in [-0.05, 0) is 56.8 Å². The molecule has 0 radical (unpaired) electrons. The van der Waals surface area contributed by atoms with Gasteiger partial charge in [0, 0.05) is 23.5 Å². The highest BCUT2D eigenvalue weighted by atomic mass is 35.5. The van der Waals surface area contributed by atoms with Gasteiger partial charge in [0.25, 0.3) is 5.91 Å². The first-order chi connectivity index (χ1) is 12.1. The number of carbonyl (C=O) groups excluding carboxylic acids is 1. The van der Waals surface area contributed by atoms with Crippen molar-refractivity contribution in [3.05, 3.63) is 46.2 Å². The molecule has 1 aliphatic heterocycles. The quantitative estimate of drug-likeness (QED) is 0.863. The lowest BCUT2D eigenvalue weighted by Gasteiger charge is -2.13. The van der Waals surface area contributed by atoms with Crippen molar-refractivity contribution in [2.45, 2.75) is 44.6 Å².